The molecule has 4 nitrogen and oxygen atoms in total. The first kappa shape index (κ1) is 20.3. The van der Waals surface area contributed by atoms with E-state index in [4.69, 9.17) is 0 Å². The average molecular weight is 417 g/mol. The van der Waals surface area contributed by atoms with Gasteiger partial charge in [-0.1, -0.05) is 66.2 Å². The third kappa shape index (κ3) is 4.58. The number of para-hydroxylation sites is 1. The minimum atomic E-state index is -3.63. The number of hydrogen-bond donors (Lipinski definition) is 1. The minimum Gasteiger partial charge on any atom is -0.256 e. The van der Waals surface area contributed by atoms with Crippen molar-refractivity contribution in [3.8, 4) is 0 Å². The first-order valence-corrected chi connectivity index (χ1v) is 11.5. The Kier molecular flexibility index (Phi) is 5.93. The van der Waals surface area contributed by atoms with Crippen LogP contribution in [-0.4, -0.2) is 13.4 Å². The molecule has 0 amide bonds. The summed E-state index contributed by atoms with van der Waals surface area (Å²) in [4.78, 5) is 4.70. The summed E-state index contributed by atoms with van der Waals surface area (Å²) in [6.45, 7) is 1.94. The van der Waals surface area contributed by atoms with Gasteiger partial charge >= 0.3 is 0 Å². The lowest BCUT2D eigenvalue weighted by atomic mass is 9.98. The number of nitrogens with one attached hydrogen (secondary N) is 1. The summed E-state index contributed by atoms with van der Waals surface area (Å²) in [7, 11) is -3.63. The molecule has 4 aromatic rings. The van der Waals surface area contributed by atoms with Crippen LogP contribution in [0.3, 0.4) is 0 Å². The lowest BCUT2D eigenvalue weighted by Gasteiger charge is -2.20. The van der Waals surface area contributed by atoms with Gasteiger partial charge in [0.05, 0.1) is 10.4 Å². The maximum Gasteiger partial charge on any atom is 0.241 e. The van der Waals surface area contributed by atoms with Gasteiger partial charge < -0.3 is 0 Å². The van der Waals surface area contributed by atoms with Crippen molar-refractivity contribution in [2.75, 3.05) is 0 Å². The van der Waals surface area contributed by atoms with Crippen molar-refractivity contribution in [3.63, 3.8) is 0 Å². The molecule has 1 heterocycles. The first-order valence-electron chi connectivity index (χ1n) is 9.99. The van der Waals surface area contributed by atoms with Gasteiger partial charge in [-0.3, -0.25) is 4.98 Å². The zero-order valence-corrected chi connectivity index (χ0v) is 17.6. The van der Waals surface area contributed by atoms with Crippen LogP contribution in [0.25, 0.3) is 10.9 Å². The molecule has 1 unspecified atom stereocenters. The molecule has 4 rings (SSSR count). The Balaban J connectivity index is 1.61. The summed E-state index contributed by atoms with van der Waals surface area (Å²) < 4.78 is 29.0. The van der Waals surface area contributed by atoms with Crippen LogP contribution in [0.5, 0.6) is 0 Å². The maximum atomic E-state index is 13.0. The number of nitrogens with zero attached hydrogens (tertiary/aromatic N) is 1. The van der Waals surface area contributed by atoms with E-state index in [0.717, 1.165) is 34.0 Å². The number of aromatic nitrogens is 1. The summed E-state index contributed by atoms with van der Waals surface area (Å²) in [6.07, 6.45) is 3.19. The lowest BCUT2D eigenvalue weighted by Crippen LogP contribution is -2.29. The zero-order valence-electron chi connectivity index (χ0n) is 16.8. The molecule has 0 radical (unpaired) electrons. The highest BCUT2D eigenvalue weighted by Gasteiger charge is 2.21. The summed E-state index contributed by atoms with van der Waals surface area (Å²) in [5.74, 6) is 0. The van der Waals surface area contributed by atoms with Gasteiger partial charge in [-0.15, -0.1) is 0 Å². The van der Waals surface area contributed by atoms with Crippen LogP contribution in [0.2, 0.25) is 0 Å². The van der Waals surface area contributed by atoms with E-state index in [1.54, 1.807) is 12.1 Å². The number of aryl methyl sites for hydroxylation is 2. The van der Waals surface area contributed by atoms with Crippen LogP contribution in [0, 0.1) is 6.92 Å². The number of benzene rings is 3. The van der Waals surface area contributed by atoms with E-state index in [-0.39, 0.29) is 10.9 Å². The fourth-order valence-corrected chi connectivity index (χ4v) is 4.88. The third-order valence-electron chi connectivity index (χ3n) is 5.27. The standard InChI is InChI=1S/C25H24N2O2S/c1-19-11-14-22(15-12-19)30(28,29)27-24(21-7-3-2-4-8-21)16-13-20-17-18-26-25-10-6-5-9-23(20)25/h2-12,14-15,17-18,24,27H,13,16H2,1H3. The van der Waals surface area contributed by atoms with Crippen LogP contribution in [0.4, 0.5) is 0 Å². The molecule has 0 spiro atoms. The molecule has 3 aromatic carbocycles. The van der Waals surface area contributed by atoms with Gasteiger partial charge in [0.15, 0.2) is 0 Å². The molecule has 0 bridgehead atoms. The molecule has 0 aliphatic rings. The fraction of sp³-hybridized carbons (Fsp3) is 0.160. The van der Waals surface area contributed by atoms with E-state index in [1.165, 1.54) is 0 Å². The van der Waals surface area contributed by atoms with Gasteiger partial charge in [0.2, 0.25) is 10.0 Å². The number of fused-ring (bicyclic) bond motifs is 1. The Morgan fingerprint density at radius 2 is 1.57 bits per heavy atom. The summed E-state index contributed by atoms with van der Waals surface area (Å²) >= 11 is 0. The second-order valence-electron chi connectivity index (χ2n) is 7.42. The molecular weight excluding hydrogens is 392 g/mol. The minimum absolute atomic E-state index is 0.281. The normalized spacial score (nSPS) is 12.7. The quantitative estimate of drug-likeness (QED) is 0.451. The number of rotatable bonds is 7. The smallest absolute Gasteiger partial charge is 0.241 e. The average Bonchev–Trinajstić information content (AvgIpc) is 2.77. The molecule has 152 valence electrons. The Morgan fingerprint density at radius 1 is 0.867 bits per heavy atom. The van der Waals surface area contributed by atoms with E-state index in [1.807, 2.05) is 79.9 Å². The highest BCUT2D eigenvalue weighted by atomic mass is 32.2. The van der Waals surface area contributed by atoms with Crippen LogP contribution in [0.15, 0.2) is 96.0 Å². The van der Waals surface area contributed by atoms with E-state index in [9.17, 15) is 8.42 Å². The van der Waals surface area contributed by atoms with Gasteiger partial charge in [-0.25, -0.2) is 13.1 Å². The number of sulfonamides is 1. The summed E-state index contributed by atoms with van der Waals surface area (Å²) in [6, 6.07) is 26.4. The van der Waals surface area contributed by atoms with Crippen LogP contribution in [0.1, 0.15) is 29.2 Å². The predicted octanol–water partition coefficient (Wildman–Crippen LogP) is 5.20. The summed E-state index contributed by atoms with van der Waals surface area (Å²) in [5.41, 5.74) is 4.09. The Morgan fingerprint density at radius 3 is 2.33 bits per heavy atom. The molecule has 5 heteroatoms. The monoisotopic (exact) mass is 416 g/mol. The number of hydrogen-bond acceptors (Lipinski definition) is 3. The largest absolute Gasteiger partial charge is 0.256 e. The van der Waals surface area contributed by atoms with E-state index in [2.05, 4.69) is 15.8 Å². The number of pyridine rings is 1. The first-order chi connectivity index (χ1) is 14.5. The van der Waals surface area contributed by atoms with Crippen molar-refractivity contribution in [1.29, 1.82) is 0 Å². The van der Waals surface area contributed by atoms with Crippen LogP contribution in [-0.2, 0) is 16.4 Å². The van der Waals surface area contributed by atoms with Gasteiger partial charge in [-0.2, -0.15) is 0 Å². The molecule has 0 saturated carbocycles. The van der Waals surface area contributed by atoms with Gasteiger partial charge in [0.1, 0.15) is 0 Å². The summed E-state index contributed by atoms with van der Waals surface area (Å²) in [5, 5.41) is 1.10. The van der Waals surface area contributed by atoms with Crippen molar-refractivity contribution >= 4 is 20.9 Å². The highest BCUT2D eigenvalue weighted by molar-refractivity contribution is 7.89. The molecule has 0 aliphatic carbocycles. The van der Waals surface area contributed by atoms with E-state index < -0.39 is 10.0 Å². The highest BCUT2D eigenvalue weighted by Crippen LogP contribution is 2.25. The topological polar surface area (TPSA) is 59.1 Å². The molecule has 1 aromatic heterocycles. The molecule has 0 saturated heterocycles. The lowest BCUT2D eigenvalue weighted by molar-refractivity contribution is 0.540. The van der Waals surface area contributed by atoms with Crippen molar-refractivity contribution in [1.82, 2.24) is 9.71 Å². The van der Waals surface area contributed by atoms with E-state index in [0.29, 0.717) is 6.42 Å². The van der Waals surface area contributed by atoms with Crippen molar-refractivity contribution in [2.45, 2.75) is 30.7 Å². The van der Waals surface area contributed by atoms with Gasteiger partial charge in [0, 0.05) is 17.6 Å². The van der Waals surface area contributed by atoms with E-state index >= 15 is 0 Å². The SMILES string of the molecule is Cc1ccc(S(=O)(=O)NC(CCc2ccnc3ccccc23)c2ccccc2)cc1. The predicted molar refractivity (Wildman–Crippen MR) is 121 cm³/mol. The maximum absolute atomic E-state index is 13.0. The van der Waals surface area contributed by atoms with Gasteiger partial charge in [0.25, 0.3) is 0 Å². The molecule has 0 aliphatic heterocycles. The second kappa shape index (κ2) is 8.78. The Bertz CT molecular complexity index is 1230. The molecule has 30 heavy (non-hydrogen) atoms. The molecule has 1 atom stereocenters. The fourth-order valence-electron chi connectivity index (χ4n) is 3.62. The van der Waals surface area contributed by atoms with Crippen molar-refractivity contribution in [2.24, 2.45) is 0 Å². The molecule has 1 N–H and O–H groups in total. The van der Waals surface area contributed by atoms with Crippen molar-refractivity contribution in [3.05, 3.63) is 108 Å². The third-order valence-corrected chi connectivity index (χ3v) is 6.76. The van der Waals surface area contributed by atoms with Crippen LogP contribution < -0.4 is 4.72 Å². The molecular formula is C25H24N2O2S. The van der Waals surface area contributed by atoms with Crippen LogP contribution >= 0.6 is 0 Å². The Hall–Kier alpha value is -3.02. The second-order valence-corrected chi connectivity index (χ2v) is 9.14. The Labute approximate surface area is 177 Å². The van der Waals surface area contributed by atoms with Crippen molar-refractivity contribution < 1.29 is 8.42 Å². The molecule has 0 fully saturated rings. The van der Waals surface area contributed by atoms with Gasteiger partial charge in [-0.05, 0) is 55.2 Å². The zero-order chi connectivity index (χ0) is 21.0.